The summed E-state index contributed by atoms with van der Waals surface area (Å²) in [6.07, 6.45) is 3.97. The normalized spacial score (nSPS) is 11.1. The number of amides is 1. The molecule has 3 N–H and O–H groups in total. The Morgan fingerprint density at radius 3 is 2.59 bits per heavy atom. The van der Waals surface area contributed by atoms with Crippen molar-refractivity contribution in [2.24, 2.45) is 5.92 Å². The molecule has 0 atom stereocenters. The maximum Gasteiger partial charge on any atom is 0.280 e. The lowest BCUT2D eigenvalue weighted by atomic mass is 10.0. The van der Waals surface area contributed by atoms with Crippen molar-refractivity contribution in [1.82, 2.24) is 14.8 Å². The quantitative estimate of drug-likeness (QED) is 0.518. The third kappa shape index (κ3) is 3.57. The molecule has 0 spiro atoms. The van der Waals surface area contributed by atoms with Gasteiger partial charge in [-0.1, -0.05) is 29.8 Å². The van der Waals surface area contributed by atoms with Crippen LogP contribution in [-0.2, 0) is 4.79 Å². The van der Waals surface area contributed by atoms with Crippen LogP contribution in [0, 0.1) is 11.3 Å². The smallest absolute Gasteiger partial charge is 0.280 e. The molecule has 0 fully saturated rings. The highest BCUT2D eigenvalue weighted by Crippen LogP contribution is 2.22. The molecule has 0 saturated carbocycles. The van der Waals surface area contributed by atoms with Gasteiger partial charge in [-0.25, -0.2) is 9.67 Å². The molecule has 0 aliphatic carbocycles. The molecule has 7 nitrogen and oxygen atoms in total. The van der Waals surface area contributed by atoms with Gasteiger partial charge in [0.15, 0.2) is 0 Å². The fraction of sp³-hybridized carbons (Fsp3) is 0.263. The maximum atomic E-state index is 12.7. The summed E-state index contributed by atoms with van der Waals surface area (Å²) in [7, 11) is 0. The summed E-state index contributed by atoms with van der Waals surface area (Å²) in [4.78, 5) is 29.4. The Hall–Kier alpha value is -2.74. The number of H-pyrrole nitrogens is 1. The number of anilines is 1. The zero-order valence-electron chi connectivity index (χ0n) is 15.0. The first-order valence-corrected chi connectivity index (χ1v) is 9.50. The molecule has 2 aromatic heterocycles. The Kier molecular flexibility index (Phi) is 5.55. The number of hydrogen-bond donors (Lipinski definition) is 3. The van der Waals surface area contributed by atoms with Crippen LogP contribution in [0.25, 0.3) is 16.6 Å². The summed E-state index contributed by atoms with van der Waals surface area (Å²) in [5.41, 5.74) is 1.24. The van der Waals surface area contributed by atoms with Crippen LogP contribution in [0.5, 0.6) is 0 Å². The van der Waals surface area contributed by atoms with Crippen molar-refractivity contribution in [2.75, 3.05) is 5.32 Å². The Balaban J connectivity index is 2.09. The van der Waals surface area contributed by atoms with Crippen molar-refractivity contribution in [3.8, 4) is 5.69 Å². The molecule has 1 aromatic carbocycles. The minimum Gasteiger partial charge on any atom is -0.310 e. The predicted octanol–water partition coefficient (Wildman–Crippen LogP) is 3.85. The molecule has 0 bridgehead atoms. The van der Waals surface area contributed by atoms with Crippen molar-refractivity contribution in [1.29, 1.82) is 5.41 Å². The van der Waals surface area contributed by atoms with E-state index >= 15 is 0 Å². The molecule has 3 rings (SSSR count). The van der Waals surface area contributed by atoms with Crippen LogP contribution in [0.2, 0.25) is 0 Å². The number of benzene rings is 1. The number of nitrogens with zero attached hydrogens (tertiary/aromatic N) is 2. The van der Waals surface area contributed by atoms with E-state index in [0.717, 1.165) is 23.5 Å². The van der Waals surface area contributed by atoms with E-state index < -0.39 is 0 Å². The Bertz CT molecular complexity index is 1050. The topological polar surface area (TPSA) is 104 Å². The SMILES string of the molecule is CCC(CC)C(=O)Nc1ncc2c(=O)n(-c3ccc(Br)cc3)[nH]c2c1C=N. The molecule has 0 unspecified atom stereocenters. The second-order valence-electron chi connectivity index (χ2n) is 6.18. The van der Waals surface area contributed by atoms with Crippen LogP contribution in [0.15, 0.2) is 39.7 Å². The first-order valence-electron chi connectivity index (χ1n) is 8.71. The summed E-state index contributed by atoms with van der Waals surface area (Å²) in [5, 5.41) is 14.0. The highest BCUT2D eigenvalue weighted by atomic mass is 79.9. The van der Waals surface area contributed by atoms with E-state index in [1.807, 2.05) is 26.0 Å². The third-order valence-electron chi connectivity index (χ3n) is 4.60. The molecule has 1 amide bonds. The first kappa shape index (κ1) is 19.0. The molecule has 27 heavy (non-hydrogen) atoms. The van der Waals surface area contributed by atoms with Gasteiger partial charge in [0.05, 0.1) is 22.2 Å². The lowest BCUT2D eigenvalue weighted by molar-refractivity contribution is -0.120. The average Bonchev–Trinajstić information content (AvgIpc) is 3.00. The molecular formula is C19H20BrN5O2. The van der Waals surface area contributed by atoms with Crippen molar-refractivity contribution >= 4 is 44.8 Å². The van der Waals surface area contributed by atoms with Gasteiger partial charge < -0.3 is 10.7 Å². The largest absolute Gasteiger partial charge is 0.310 e. The lowest BCUT2D eigenvalue weighted by Gasteiger charge is -2.13. The fourth-order valence-electron chi connectivity index (χ4n) is 2.98. The highest BCUT2D eigenvalue weighted by molar-refractivity contribution is 9.10. The van der Waals surface area contributed by atoms with Gasteiger partial charge in [0.1, 0.15) is 5.82 Å². The van der Waals surface area contributed by atoms with E-state index in [1.54, 1.807) is 12.1 Å². The number of carbonyl (C=O) groups is 1. The number of aromatic amines is 1. The van der Waals surface area contributed by atoms with Crippen LogP contribution >= 0.6 is 15.9 Å². The van der Waals surface area contributed by atoms with E-state index in [-0.39, 0.29) is 23.2 Å². The van der Waals surface area contributed by atoms with Crippen molar-refractivity contribution < 1.29 is 4.79 Å². The second-order valence-corrected chi connectivity index (χ2v) is 7.10. The average molecular weight is 430 g/mol. The molecule has 3 aromatic rings. The summed E-state index contributed by atoms with van der Waals surface area (Å²) in [5.74, 6) is 0.0238. The highest BCUT2D eigenvalue weighted by Gasteiger charge is 2.19. The van der Waals surface area contributed by atoms with Gasteiger partial charge in [-0.2, -0.15) is 0 Å². The lowest BCUT2D eigenvalue weighted by Crippen LogP contribution is -2.23. The molecule has 140 valence electrons. The standard InChI is InChI=1S/C19H20BrN5O2/c1-3-11(4-2)18(26)23-17-14(9-21)16-15(10-22-17)19(27)25(24-16)13-7-5-12(20)6-8-13/h5-11,21,24H,3-4H2,1-2H3,(H,22,23,26). The van der Waals surface area contributed by atoms with E-state index in [2.05, 4.69) is 31.3 Å². The number of rotatable bonds is 6. The van der Waals surface area contributed by atoms with Crippen molar-refractivity contribution in [3.05, 3.63) is 50.9 Å². The summed E-state index contributed by atoms with van der Waals surface area (Å²) in [6.45, 7) is 3.91. The minimum absolute atomic E-state index is 0.118. The monoisotopic (exact) mass is 429 g/mol. The van der Waals surface area contributed by atoms with Crippen LogP contribution in [0.3, 0.4) is 0 Å². The molecule has 0 aliphatic heterocycles. The molecule has 0 aliphatic rings. The van der Waals surface area contributed by atoms with E-state index in [0.29, 0.717) is 22.2 Å². The summed E-state index contributed by atoms with van der Waals surface area (Å²) in [6, 6.07) is 7.27. The Morgan fingerprint density at radius 1 is 1.33 bits per heavy atom. The van der Waals surface area contributed by atoms with Gasteiger partial charge in [0.2, 0.25) is 5.91 Å². The van der Waals surface area contributed by atoms with Gasteiger partial charge in [-0.15, -0.1) is 0 Å². The van der Waals surface area contributed by atoms with Gasteiger partial charge in [0, 0.05) is 22.8 Å². The van der Waals surface area contributed by atoms with Gasteiger partial charge in [-0.3, -0.25) is 14.7 Å². The molecular weight excluding hydrogens is 410 g/mol. The van der Waals surface area contributed by atoms with Crippen molar-refractivity contribution in [2.45, 2.75) is 26.7 Å². The van der Waals surface area contributed by atoms with E-state index in [9.17, 15) is 9.59 Å². The van der Waals surface area contributed by atoms with Gasteiger partial charge in [0.25, 0.3) is 5.56 Å². The fourth-order valence-corrected chi connectivity index (χ4v) is 3.25. The predicted molar refractivity (Wildman–Crippen MR) is 110 cm³/mol. The summed E-state index contributed by atoms with van der Waals surface area (Å²) >= 11 is 3.37. The Morgan fingerprint density at radius 2 is 2.00 bits per heavy atom. The molecule has 8 heteroatoms. The number of halogens is 1. The van der Waals surface area contributed by atoms with Crippen LogP contribution in [0.1, 0.15) is 32.3 Å². The number of hydrogen-bond acceptors (Lipinski definition) is 4. The number of nitrogens with one attached hydrogen (secondary N) is 3. The summed E-state index contributed by atoms with van der Waals surface area (Å²) < 4.78 is 2.31. The molecule has 0 saturated heterocycles. The van der Waals surface area contributed by atoms with E-state index in [1.165, 1.54) is 10.9 Å². The van der Waals surface area contributed by atoms with Crippen LogP contribution < -0.4 is 10.9 Å². The zero-order chi connectivity index (χ0) is 19.6. The third-order valence-corrected chi connectivity index (χ3v) is 5.13. The zero-order valence-corrected chi connectivity index (χ0v) is 16.6. The number of fused-ring (bicyclic) bond motifs is 1. The first-order chi connectivity index (χ1) is 13.0. The van der Waals surface area contributed by atoms with E-state index in [4.69, 9.17) is 5.41 Å². The second kappa shape index (κ2) is 7.87. The number of carbonyl (C=O) groups excluding carboxylic acids is 1. The van der Waals surface area contributed by atoms with Crippen molar-refractivity contribution in [3.63, 3.8) is 0 Å². The van der Waals surface area contributed by atoms with Crippen LogP contribution in [0.4, 0.5) is 5.82 Å². The molecule has 2 heterocycles. The minimum atomic E-state index is -0.263. The Labute approximate surface area is 164 Å². The maximum absolute atomic E-state index is 12.7. The van der Waals surface area contributed by atoms with Gasteiger partial charge >= 0.3 is 0 Å². The van der Waals surface area contributed by atoms with Crippen LogP contribution in [-0.4, -0.2) is 26.9 Å². The number of aromatic nitrogens is 3. The molecule has 0 radical (unpaired) electrons. The van der Waals surface area contributed by atoms with Gasteiger partial charge in [-0.05, 0) is 37.1 Å². The number of pyridine rings is 1.